The summed E-state index contributed by atoms with van der Waals surface area (Å²) in [6.07, 6.45) is 3.88. The predicted octanol–water partition coefficient (Wildman–Crippen LogP) is 3.43. The molecule has 2 aromatic rings. The van der Waals surface area contributed by atoms with Gasteiger partial charge in [0.2, 0.25) is 0 Å². The lowest BCUT2D eigenvalue weighted by Crippen LogP contribution is -2.53. The van der Waals surface area contributed by atoms with E-state index >= 15 is 0 Å². The van der Waals surface area contributed by atoms with E-state index in [1.54, 1.807) is 0 Å². The lowest BCUT2D eigenvalue weighted by atomic mass is 9.90. The van der Waals surface area contributed by atoms with Crippen molar-refractivity contribution >= 4 is 22.9 Å². The van der Waals surface area contributed by atoms with Gasteiger partial charge in [0, 0.05) is 18.5 Å². The lowest BCUT2D eigenvalue weighted by molar-refractivity contribution is 0.308. The molecule has 0 fully saturated rings. The molecule has 1 aromatic carbocycles. The van der Waals surface area contributed by atoms with E-state index < -0.39 is 0 Å². The van der Waals surface area contributed by atoms with Gasteiger partial charge in [0.05, 0.1) is 18.5 Å². The van der Waals surface area contributed by atoms with Crippen LogP contribution in [0.1, 0.15) is 43.9 Å². The number of benzene rings is 1. The van der Waals surface area contributed by atoms with Crippen LogP contribution >= 0.6 is 12.2 Å². The maximum Gasteiger partial charge on any atom is 0.128 e. The summed E-state index contributed by atoms with van der Waals surface area (Å²) < 4.78 is 5.98. The van der Waals surface area contributed by atoms with Crippen LogP contribution in [0.4, 0.5) is 5.69 Å². The second kappa shape index (κ2) is 7.21. The van der Waals surface area contributed by atoms with Crippen LogP contribution in [0.25, 0.3) is 0 Å². The van der Waals surface area contributed by atoms with Crippen LogP contribution in [0, 0.1) is 0 Å². The maximum absolute atomic E-state index is 5.98. The molecule has 2 atom stereocenters. The number of thiocarbonyl (C=S) groups is 1. The van der Waals surface area contributed by atoms with Gasteiger partial charge in [-0.15, -0.1) is 0 Å². The lowest BCUT2D eigenvalue weighted by Gasteiger charge is -2.40. The molecule has 0 aliphatic carbocycles. The summed E-state index contributed by atoms with van der Waals surface area (Å²) in [5.74, 6) is 1.22. The highest BCUT2D eigenvalue weighted by Gasteiger charge is 2.34. The van der Waals surface area contributed by atoms with Crippen molar-refractivity contribution in [1.29, 1.82) is 0 Å². The Labute approximate surface area is 148 Å². The fraction of sp³-hybridized carbons (Fsp3) is 0.444. The van der Waals surface area contributed by atoms with Crippen LogP contribution in [0.2, 0.25) is 0 Å². The largest absolute Gasteiger partial charge is 0.493 e. The zero-order valence-electron chi connectivity index (χ0n) is 14.4. The van der Waals surface area contributed by atoms with Gasteiger partial charge in [-0.2, -0.15) is 5.10 Å². The second-order valence-corrected chi connectivity index (χ2v) is 6.47. The number of H-pyrrole nitrogens is 1. The SMILES string of the molecule is CCCOc1ccccc1C(CC)C1NC(=S)c2[nH]ncc2N1C. The molecule has 128 valence electrons. The summed E-state index contributed by atoms with van der Waals surface area (Å²) in [4.78, 5) is 2.93. The molecule has 2 heterocycles. The molecule has 0 radical (unpaired) electrons. The number of aromatic amines is 1. The molecule has 0 bridgehead atoms. The van der Waals surface area contributed by atoms with Gasteiger partial charge in [0.1, 0.15) is 22.6 Å². The molecule has 24 heavy (non-hydrogen) atoms. The van der Waals surface area contributed by atoms with E-state index in [1.807, 2.05) is 12.3 Å². The third-order valence-corrected chi connectivity index (χ3v) is 4.85. The van der Waals surface area contributed by atoms with Crippen molar-refractivity contribution in [2.45, 2.75) is 38.8 Å². The Kier molecular flexibility index (Phi) is 5.04. The highest BCUT2D eigenvalue weighted by atomic mass is 32.1. The number of nitrogens with zero attached hydrogens (tertiary/aromatic N) is 2. The molecular formula is C18H24N4OS. The molecule has 0 saturated heterocycles. The average molecular weight is 344 g/mol. The fourth-order valence-electron chi connectivity index (χ4n) is 3.28. The van der Waals surface area contributed by atoms with Crippen LogP contribution in [0.3, 0.4) is 0 Å². The summed E-state index contributed by atoms with van der Waals surface area (Å²) in [6.45, 7) is 5.05. The summed E-state index contributed by atoms with van der Waals surface area (Å²) >= 11 is 5.52. The number of hydrogen-bond donors (Lipinski definition) is 2. The summed E-state index contributed by atoms with van der Waals surface area (Å²) in [5, 5.41) is 10.6. The van der Waals surface area contributed by atoms with Gasteiger partial charge in [-0.1, -0.05) is 44.3 Å². The predicted molar refractivity (Wildman–Crippen MR) is 101 cm³/mol. The fourth-order valence-corrected chi connectivity index (χ4v) is 3.55. The number of fused-ring (bicyclic) bond motifs is 1. The van der Waals surface area contributed by atoms with Crippen molar-refractivity contribution in [3.63, 3.8) is 0 Å². The molecule has 3 rings (SSSR count). The van der Waals surface area contributed by atoms with Crippen molar-refractivity contribution in [2.75, 3.05) is 18.6 Å². The zero-order valence-corrected chi connectivity index (χ0v) is 15.2. The van der Waals surface area contributed by atoms with Gasteiger partial charge in [0.15, 0.2) is 0 Å². The molecule has 0 saturated carbocycles. The van der Waals surface area contributed by atoms with Crippen molar-refractivity contribution < 1.29 is 4.74 Å². The Morgan fingerprint density at radius 1 is 1.33 bits per heavy atom. The molecule has 1 aromatic heterocycles. The van der Waals surface area contributed by atoms with E-state index in [9.17, 15) is 0 Å². The van der Waals surface area contributed by atoms with Gasteiger partial charge in [0.25, 0.3) is 0 Å². The van der Waals surface area contributed by atoms with Crippen molar-refractivity contribution in [2.24, 2.45) is 0 Å². The van der Waals surface area contributed by atoms with Crippen LogP contribution < -0.4 is 15.0 Å². The monoisotopic (exact) mass is 344 g/mol. The molecular weight excluding hydrogens is 320 g/mol. The van der Waals surface area contributed by atoms with Crippen molar-refractivity contribution in [1.82, 2.24) is 15.5 Å². The quantitative estimate of drug-likeness (QED) is 0.786. The number of nitrogens with one attached hydrogen (secondary N) is 2. The van der Waals surface area contributed by atoms with E-state index in [0.29, 0.717) is 0 Å². The van der Waals surface area contributed by atoms with E-state index in [2.05, 4.69) is 59.5 Å². The van der Waals surface area contributed by atoms with E-state index in [4.69, 9.17) is 17.0 Å². The Morgan fingerprint density at radius 3 is 2.88 bits per heavy atom. The second-order valence-electron chi connectivity index (χ2n) is 6.06. The highest BCUT2D eigenvalue weighted by Crippen LogP contribution is 2.36. The standard InChI is InChI=1S/C18H24N4OS/c1-4-10-23-15-9-7-6-8-13(15)12(5-2)17-20-18(24)16-14(22(17)3)11-19-21-16/h6-9,11-12,17H,4-5,10H2,1-3H3,(H,19,21)(H,20,24). The van der Waals surface area contributed by atoms with Gasteiger partial charge in [-0.05, 0) is 18.9 Å². The minimum Gasteiger partial charge on any atom is -0.493 e. The molecule has 2 N–H and O–H groups in total. The Balaban J connectivity index is 1.94. The third-order valence-electron chi connectivity index (χ3n) is 4.52. The van der Waals surface area contributed by atoms with Crippen molar-refractivity contribution in [3.8, 4) is 5.75 Å². The minimum atomic E-state index is 0.0685. The highest BCUT2D eigenvalue weighted by molar-refractivity contribution is 7.80. The maximum atomic E-state index is 5.98. The first kappa shape index (κ1) is 16.8. The van der Waals surface area contributed by atoms with Crippen LogP contribution in [-0.4, -0.2) is 35.0 Å². The van der Waals surface area contributed by atoms with Gasteiger partial charge in [-0.3, -0.25) is 5.10 Å². The molecule has 0 amide bonds. The van der Waals surface area contributed by atoms with Crippen LogP contribution in [0.15, 0.2) is 30.5 Å². The average Bonchev–Trinajstić information content (AvgIpc) is 3.09. The van der Waals surface area contributed by atoms with E-state index in [-0.39, 0.29) is 12.1 Å². The number of ether oxygens (including phenoxy) is 1. The molecule has 0 spiro atoms. The normalized spacial score (nSPS) is 18.0. The van der Waals surface area contributed by atoms with E-state index in [1.165, 1.54) is 5.56 Å². The number of rotatable bonds is 6. The minimum absolute atomic E-state index is 0.0685. The summed E-state index contributed by atoms with van der Waals surface area (Å²) in [7, 11) is 2.08. The summed E-state index contributed by atoms with van der Waals surface area (Å²) in [6, 6.07) is 8.31. The Hall–Kier alpha value is -2.08. The number of aromatic nitrogens is 2. The third kappa shape index (κ3) is 2.98. The van der Waals surface area contributed by atoms with Gasteiger partial charge < -0.3 is 15.0 Å². The Bertz CT molecular complexity index is 715. The topological polar surface area (TPSA) is 53.2 Å². The van der Waals surface area contributed by atoms with E-state index in [0.717, 1.165) is 41.6 Å². The zero-order chi connectivity index (χ0) is 17.1. The summed E-state index contributed by atoms with van der Waals surface area (Å²) in [5.41, 5.74) is 3.14. The molecule has 1 aliphatic rings. The first-order valence-corrected chi connectivity index (χ1v) is 8.87. The number of para-hydroxylation sites is 1. The van der Waals surface area contributed by atoms with Gasteiger partial charge >= 0.3 is 0 Å². The van der Waals surface area contributed by atoms with Crippen molar-refractivity contribution in [3.05, 3.63) is 41.7 Å². The number of likely N-dealkylation sites (N-methyl/N-ethyl adjacent to an activating group) is 1. The molecule has 2 unspecified atom stereocenters. The Morgan fingerprint density at radius 2 is 2.12 bits per heavy atom. The first-order chi connectivity index (χ1) is 11.7. The molecule has 6 heteroatoms. The number of hydrogen-bond acceptors (Lipinski definition) is 4. The van der Waals surface area contributed by atoms with Gasteiger partial charge in [-0.25, -0.2) is 0 Å². The first-order valence-electron chi connectivity index (χ1n) is 8.46. The van der Waals surface area contributed by atoms with Crippen LogP contribution in [0.5, 0.6) is 5.75 Å². The molecule has 1 aliphatic heterocycles. The van der Waals surface area contributed by atoms with Crippen LogP contribution in [-0.2, 0) is 0 Å². The smallest absolute Gasteiger partial charge is 0.128 e. The molecule has 5 nitrogen and oxygen atoms in total. The number of anilines is 1.